The zero-order chi connectivity index (χ0) is 10.4. The van der Waals surface area contributed by atoms with E-state index in [1.807, 2.05) is 19.1 Å². The van der Waals surface area contributed by atoms with Crippen molar-refractivity contribution in [2.75, 3.05) is 11.9 Å². The molecule has 0 aromatic heterocycles. The largest absolute Gasteiger partial charge is 0.508 e. The van der Waals surface area contributed by atoms with Crippen LogP contribution in [0.2, 0.25) is 0 Å². The van der Waals surface area contributed by atoms with E-state index in [1.54, 1.807) is 12.1 Å². The molecule has 1 aromatic carbocycles. The van der Waals surface area contributed by atoms with E-state index in [9.17, 15) is 0 Å². The highest BCUT2D eigenvalue weighted by Crippen LogP contribution is 2.13. The fourth-order valence-corrected chi connectivity index (χ4v) is 1.24. The molecule has 0 saturated heterocycles. The van der Waals surface area contributed by atoms with Crippen LogP contribution in [0.3, 0.4) is 0 Å². The summed E-state index contributed by atoms with van der Waals surface area (Å²) in [5.41, 5.74) is 6.67. The van der Waals surface area contributed by atoms with E-state index in [1.165, 1.54) is 0 Å². The second-order valence-corrected chi connectivity index (χ2v) is 3.59. The molecule has 78 valence electrons. The maximum absolute atomic E-state index is 9.06. The number of anilines is 1. The highest BCUT2D eigenvalue weighted by molar-refractivity contribution is 5.45. The highest BCUT2D eigenvalue weighted by Gasteiger charge is 1.94. The lowest BCUT2D eigenvalue weighted by Crippen LogP contribution is -2.16. The van der Waals surface area contributed by atoms with Gasteiger partial charge in [0.1, 0.15) is 5.75 Å². The van der Waals surface area contributed by atoms with E-state index >= 15 is 0 Å². The van der Waals surface area contributed by atoms with Gasteiger partial charge in [-0.25, -0.2) is 0 Å². The van der Waals surface area contributed by atoms with Gasteiger partial charge in [0.15, 0.2) is 0 Å². The molecule has 0 bridgehead atoms. The van der Waals surface area contributed by atoms with E-state index in [-0.39, 0.29) is 6.04 Å². The molecular weight excluding hydrogens is 176 g/mol. The van der Waals surface area contributed by atoms with Gasteiger partial charge in [-0.2, -0.15) is 0 Å². The standard InChI is InChI=1S/C11H18N2O/c1-9(12)3-2-8-13-10-4-6-11(14)7-5-10/h4-7,9,13-14H,2-3,8,12H2,1H3. The van der Waals surface area contributed by atoms with Crippen LogP contribution in [0.25, 0.3) is 0 Å². The second kappa shape index (κ2) is 5.50. The Morgan fingerprint density at radius 1 is 1.36 bits per heavy atom. The van der Waals surface area contributed by atoms with Crippen molar-refractivity contribution in [3.05, 3.63) is 24.3 Å². The molecule has 0 heterocycles. The third-order valence-electron chi connectivity index (χ3n) is 2.03. The van der Waals surface area contributed by atoms with Crippen molar-refractivity contribution < 1.29 is 5.11 Å². The number of rotatable bonds is 5. The minimum atomic E-state index is 0.275. The van der Waals surface area contributed by atoms with Crippen molar-refractivity contribution in [2.24, 2.45) is 5.73 Å². The molecule has 0 spiro atoms. The lowest BCUT2D eigenvalue weighted by atomic mass is 10.2. The zero-order valence-electron chi connectivity index (χ0n) is 8.53. The molecular formula is C11H18N2O. The van der Waals surface area contributed by atoms with Crippen molar-refractivity contribution in [3.8, 4) is 5.75 Å². The van der Waals surface area contributed by atoms with Gasteiger partial charge in [-0.1, -0.05) is 0 Å². The van der Waals surface area contributed by atoms with E-state index < -0.39 is 0 Å². The molecule has 0 aliphatic heterocycles. The Morgan fingerprint density at radius 3 is 2.57 bits per heavy atom. The van der Waals surface area contributed by atoms with Crippen LogP contribution in [0, 0.1) is 0 Å². The van der Waals surface area contributed by atoms with E-state index in [4.69, 9.17) is 10.8 Å². The Balaban J connectivity index is 2.21. The number of benzene rings is 1. The summed E-state index contributed by atoms with van der Waals surface area (Å²) in [7, 11) is 0. The summed E-state index contributed by atoms with van der Waals surface area (Å²) in [6, 6.07) is 7.35. The van der Waals surface area contributed by atoms with E-state index in [0.29, 0.717) is 5.75 Å². The lowest BCUT2D eigenvalue weighted by Gasteiger charge is -2.07. The zero-order valence-corrected chi connectivity index (χ0v) is 8.53. The van der Waals surface area contributed by atoms with Gasteiger partial charge in [0.25, 0.3) is 0 Å². The Kier molecular flexibility index (Phi) is 4.26. The molecule has 0 fully saturated rings. The van der Waals surface area contributed by atoms with Gasteiger partial charge in [-0.15, -0.1) is 0 Å². The molecule has 4 N–H and O–H groups in total. The van der Waals surface area contributed by atoms with Crippen LogP contribution < -0.4 is 11.1 Å². The normalized spacial score (nSPS) is 12.4. The Morgan fingerprint density at radius 2 is 2.00 bits per heavy atom. The summed E-state index contributed by atoms with van der Waals surface area (Å²) in [6.45, 7) is 2.94. The molecule has 1 unspecified atom stereocenters. The average molecular weight is 194 g/mol. The predicted molar refractivity (Wildman–Crippen MR) is 59.5 cm³/mol. The Hall–Kier alpha value is -1.22. The van der Waals surface area contributed by atoms with Crippen molar-refractivity contribution in [1.82, 2.24) is 0 Å². The Labute approximate surface area is 84.9 Å². The maximum atomic E-state index is 9.06. The molecule has 0 saturated carbocycles. The van der Waals surface area contributed by atoms with Crippen molar-refractivity contribution in [3.63, 3.8) is 0 Å². The molecule has 1 rings (SSSR count). The van der Waals surface area contributed by atoms with Gasteiger partial charge in [-0.3, -0.25) is 0 Å². The van der Waals surface area contributed by atoms with E-state index in [2.05, 4.69) is 5.32 Å². The van der Waals surface area contributed by atoms with Gasteiger partial charge >= 0.3 is 0 Å². The summed E-state index contributed by atoms with van der Waals surface area (Å²) in [5.74, 6) is 0.297. The first-order chi connectivity index (χ1) is 6.68. The highest BCUT2D eigenvalue weighted by atomic mass is 16.3. The minimum Gasteiger partial charge on any atom is -0.508 e. The Bertz CT molecular complexity index is 256. The van der Waals surface area contributed by atoms with Crippen molar-refractivity contribution >= 4 is 5.69 Å². The number of aromatic hydroxyl groups is 1. The van der Waals surface area contributed by atoms with Crippen LogP contribution >= 0.6 is 0 Å². The fraction of sp³-hybridized carbons (Fsp3) is 0.455. The lowest BCUT2D eigenvalue weighted by molar-refractivity contribution is 0.475. The monoisotopic (exact) mass is 194 g/mol. The first kappa shape index (κ1) is 10.9. The number of nitrogens with two attached hydrogens (primary N) is 1. The van der Waals surface area contributed by atoms with Crippen LogP contribution in [0.15, 0.2) is 24.3 Å². The molecule has 1 aromatic rings. The van der Waals surface area contributed by atoms with Gasteiger partial charge in [0.2, 0.25) is 0 Å². The smallest absolute Gasteiger partial charge is 0.115 e. The van der Waals surface area contributed by atoms with Gasteiger partial charge in [0, 0.05) is 18.3 Å². The first-order valence-corrected chi connectivity index (χ1v) is 4.97. The van der Waals surface area contributed by atoms with Gasteiger partial charge in [0.05, 0.1) is 0 Å². The maximum Gasteiger partial charge on any atom is 0.115 e. The molecule has 1 atom stereocenters. The molecule has 0 radical (unpaired) electrons. The van der Waals surface area contributed by atoms with Gasteiger partial charge in [-0.05, 0) is 44.0 Å². The van der Waals surface area contributed by atoms with Crippen LogP contribution in [0.4, 0.5) is 5.69 Å². The summed E-state index contributed by atoms with van der Waals surface area (Å²) in [5, 5.41) is 12.3. The van der Waals surface area contributed by atoms with Crippen molar-refractivity contribution in [2.45, 2.75) is 25.8 Å². The summed E-state index contributed by atoms with van der Waals surface area (Å²) in [4.78, 5) is 0. The van der Waals surface area contributed by atoms with Crippen LogP contribution in [-0.2, 0) is 0 Å². The quantitative estimate of drug-likeness (QED) is 0.496. The minimum absolute atomic E-state index is 0.275. The molecule has 0 aliphatic carbocycles. The number of hydrogen-bond donors (Lipinski definition) is 3. The number of phenolic OH excluding ortho intramolecular Hbond substituents is 1. The van der Waals surface area contributed by atoms with Gasteiger partial charge < -0.3 is 16.2 Å². The SMILES string of the molecule is CC(N)CCCNc1ccc(O)cc1. The number of hydrogen-bond acceptors (Lipinski definition) is 3. The summed E-state index contributed by atoms with van der Waals surface area (Å²) < 4.78 is 0. The molecule has 0 amide bonds. The topological polar surface area (TPSA) is 58.3 Å². The first-order valence-electron chi connectivity index (χ1n) is 4.97. The summed E-state index contributed by atoms with van der Waals surface area (Å²) >= 11 is 0. The average Bonchev–Trinajstić information content (AvgIpc) is 2.15. The van der Waals surface area contributed by atoms with Crippen molar-refractivity contribution in [1.29, 1.82) is 0 Å². The third-order valence-corrected chi connectivity index (χ3v) is 2.03. The van der Waals surface area contributed by atoms with Crippen LogP contribution in [0.1, 0.15) is 19.8 Å². The number of phenols is 1. The number of nitrogens with one attached hydrogen (secondary N) is 1. The molecule has 0 aliphatic rings. The predicted octanol–water partition coefficient (Wildman–Crippen LogP) is 1.93. The van der Waals surface area contributed by atoms with Crippen LogP contribution in [-0.4, -0.2) is 17.7 Å². The van der Waals surface area contributed by atoms with Crippen LogP contribution in [0.5, 0.6) is 5.75 Å². The molecule has 3 heteroatoms. The molecule has 14 heavy (non-hydrogen) atoms. The molecule has 3 nitrogen and oxygen atoms in total. The van der Waals surface area contributed by atoms with E-state index in [0.717, 1.165) is 25.1 Å². The third kappa shape index (κ3) is 4.14. The fourth-order valence-electron chi connectivity index (χ4n) is 1.24. The second-order valence-electron chi connectivity index (χ2n) is 3.59. The summed E-state index contributed by atoms with van der Waals surface area (Å²) in [6.07, 6.45) is 2.10.